The fourth-order valence-corrected chi connectivity index (χ4v) is 1.99. The molecule has 1 heterocycles. The highest BCUT2D eigenvalue weighted by Gasteiger charge is 2.05. The van der Waals surface area contributed by atoms with Gasteiger partial charge in [-0.25, -0.2) is 4.98 Å². The second-order valence-corrected chi connectivity index (χ2v) is 4.61. The Morgan fingerprint density at radius 1 is 0.950 bits per heavy atom. The molecule has 0 bridgehead atoms. The molecule has 2 rings (SSSR count). The molecule has 5 heteroatoms. The van der Waals surface area contributed by atoms with E-state index in [-0.39, 0.29) is 0 Å². The largest absolute Gasteiger partial charge is 0.349 e. The first-order chi connectivity index (χ1) is 9.76. The molecule has 1 aromatic heterocycles. The average Bonchev–Trinajstić information content (AvgIpc) is 2.53. The van der Waals surface area contributed by atoms with Crippen molar-refractivity contribution in [2.24, 2.45) is 5.73 Å². The van der Waals surface area contributed by atoms with Crippen LogP contribution in [0.1, 0.15) is 36.4 Å². The Bertz CT molecular complexity index is 551. The quantitative estimate of drug-likeness (QED) is 0.841. The predicted molar refractivity (Wildman–Crippen MR) is 80.2 cm³/mol. The van der Waals surface area contributed by atoms with Gasteiger partial charge in [0.15, 0.2) is 0 Å². The van der Waals surface area contributed by atoms with Gasteiger partial charge in [0.2, 0.25) is 5.95 Å². The minimum atomic E-state index is 0.569. The maximum absolute atomic E-state index is 5.58. The Morgan fingerprint density at radius 3 is 2.20 bits per heavy atom. The lowest BCUT2D eigenvalue weighted by Gasteiger charge is -2.08. The third-order valence-electron chi connectivity index (χ3n) is 3.22. The molecule has 0 fully saturated rings. The van der Waals surface area contributed by atoms with Crippen LogP contribution in [0.2, 0.25) is 0 Å². The highest BCUT2D eigenvalue weighted by atomic mass is 15.2. The smallest absolute Gasteiger partial charge is 0.243 e. The van der Waals surface area contributed by atoms with Gasteiger partial charge in [-0.05, 0) is 24.0 Å². The van der Waals surface area contributed by atoms with E-state index in [1.54, 1.807) is 0 Å². The fraction of sp³-hybridized carbons (Fsp3) is 0.400. The minimum absolute atomic E-state index is 0.569. The summed E-state index contributed by atoms with van der Waals surface area (Å²) < 4.78 is 0. The number of anilines is 1. The number of benzene rings is 1. The number of hydrogen-bond donors (Lipinski definition) is 2. The van der Waals surface area contributed by atoms with Crippen LogP contribution in [0.5, 0.6) is 0 Å². The molecule has 3 N–H and O–H groups in total. The van der Waals surface area contributed by atoms with Crippen LogP contribution in [0.3, 0.4) is 0 Å². The van der Waals surface area contributed by atoms with Crippen LogP contribution in [0.15, 0.2) is 24.3 Å². The van der Waals surface area contributed by atoms with Crippen molar-refractivity contribution in [1.82, 2.24) is 15.2 Å². The highest BCUT2D eigenvalue weighted by Crippen LogP contribution is 2.09. The first kappa shape index (κ1) is 14.4. The van der Waals surface area contributed by atoms with E-state index in [0.717, 1.165) is 29.8 Å². The maximum Gasteiger partial charge on any atom is 0.243 e. The summed E-state index contributed by atoms with van der Waals surface area (Å²) in [7, 11) is 0. The van der Waals surface area contributed by atoms with Crippen LogP contribution < -0.4 is 11.1 Å². The van der Waals surface area contributed by atoms with Crippen molar-refractivity contribution >= 4 is 5.95 Å². The summed E-state index contributed by atoms with van der Waals surface area (Å²) in [5, 5.41) is 11.5. The van der Waals surface area contributed by atoms with Crippen LogP contribution in [0, 0.1) is 0 Å². The van der Waals surface area contributed by atoms with Crippen molar-refractivity contribution in [2.75, 3.05) is 5.32 Å². The molecular formula is C15H21N5. The predicted octanol–water partition coefficient (Wildman–Crippen LogP) is 2.07. The highest BCUT2D eigenvalue weighted by molar-refractivity contribution is 5.30. The lowest BCUT2D eigenvalue weighted by Crippen LogP contribution is -2.09. The molecule has 5 nitrogen and oxygen atoms in total. The van der Waals surface area contributed by atoms with Crippen LogP contribution in [-0.4, -0.2) is 15.2 Å². The number of nitrogens with zero attached hydrogens (tertiary/aromatic N) is 3. The van der Waals surface area contributed by atoms with E-state index < -0.39 is 0 Å². The molecule has 0 atom stereocenters. The normalized spacial score (nSPS) is 10.6. The molecule has 0 saturated heterocycles. The summed E-state index contributed by atoms with van der Waals surface area (Å²) in [5.74, 6) is 0.585. The van der Waals surface area contributed by atoms with Gasteiger partial charge in [0, 0.05) is 13.1 Å². The molecule has 1 aromatic carbocycles. The second kappa shape index (κ2) is 6.96. The molecule has 0 aliphatic rings. The zero-order valence-corrected chi connectivity index (χ0v) is 12.1. The minimum Gasteiger partial charge on any atom is -0.349 e. The van der Waals surface area contributed by atoms with E-state index in [2.05, 4.69) is 46.5 Å². The first-order valence-electron chi connectivity index (χ1n) is 7.01. The summed E-state index contributed by atoms with van der Waals surface area (Å²) in [4.78, 5) is 4.51. The molecule has 0 amide bonds. The van der Waals surface area contributed by atoms with Crippen LogP contribution in [-0.2, 0) is 25.9 Å². The molecule has 0 aliphatic heterocycles. The first-order valence-corrected chi connectivity index (χ1v) is 7.01. The van der Waals surface area contributed by atoms with Gasteiger partial charge in [0.25, 0.3) is 0 Å². The van der Waals surface area contributed by atoms with Gasteiger partial charge in [0.05, 0.1) is 11.4 Å². The second-order valence-electron chi connectivity index (χ2n) is 4.61. The van der Waals surface area contributed by atoms with E-state index in [4.69, 9.17) is 5.73 Å². The molecular weight excluding hydrogens is 250 g/mol. The zero-order chi connectivity index (χ0) is 14.4. The molecule has 0 spiro atoms. The van der Waals surface area contributed by atoms with Gasteiger partial charge >= 0.3 is 0 Å². The van der Waals surface area contributed by atoms with Gasteiger partial charge < -0.3 is 11.1 Å². The summed E-state index contributed by atoms with van der Waals surface area (Å²) in [6.45, 7) is 5.40. The van der Waals surface area contributed by atoms with Crippen LogP contribution in [0.4, 0.5) is 5.95 Å². The van der Waals surface area contributed by atoms with Crippen LogP contribution >= 0.6 is 0 Å². The molecule has 106 valence electrons. The lowest BCUT2D eigenvalue weighted by atomic mass is 10.1. The van der Waals surface area contributed by atoms with E-state index in [1.165, 1.54) is 5.56 Å². The lowest BCUT2D eigenvalue weighted by molar-refractivity contribution is 0.819. The Morgan fingerprint density at radius 2 is 1.60 bits per heavy atom. The van der Waals surface area contributed by atoms with Gasteiger partial charge in [-0.2, -0.15) is 5.10 Å². The maximum atomic E-state index is 5.58. The van der Waals surface area contributed by atoms with Gasteiger partial charge in [0.1, 0.15) is 0 Å². The van der Waals surface area contributed by atoms with E-state index in [9.17, 15) is 0 Å². The zero-order valence-electron chi connectivity index (χ0n) is 12.1. The molecule has 0 unspecified atom stereocenters. The van der Waals surface area contributed by atoms with Crippen LogP contribution in [0.25, 0.3) is 0 Å². The Kier molecular flexibility index (Phi) is 5.01. The molecule has 20 heavy (non-hydrogen) atoms. The van der Waals surface area contributed by atoms with Crippen molar-refractivity contribution in [3.63, 3.8) is 0 Å². The molecule has 2 aromatic rings. The Hall–Kier alpha value is -2.01. The molecule has 0 radical (unpaired) electrons. The summed E-state index contributed by atoms with van der Waals surface area (Å²) in [5.41, 5.74) is 9.88. The third kappa shape index (κ3) is 3.51. The van der Waals surface area contributed by atoms with Crippen molar-refractivity contribution in [3.8, 4) is 0 Å². The Labute approximate surface area is 119 Å². The number of hydrogen-bond acceptors (Lipinski definition) is 5. The number of nitrogens with two attached hydrogens (primary N) is 1. The molecule has 0 saturated carbocycles. The Balaban J connectivity index is 2.02. The average molecular weight is 271 g/mol. The number of rotatable bonds is 6. The van der Waals surface area contributed by atoms with E-state index >= 15 is 0 Å². The van der Waals surface area contributed by atoms with Crippen molar-refractivity contribution in [1.29, 1.82) is 0 Å². The van der Waals surface area contributed by atoms with Crippen molar-refractivity contribution < 1.29 is 0 Å². The summed E-state index contributed by atoms with van der Waals surface area (Å²) in [6.07, 6.45) is 1.74. The van der Waals surface area contributed by atoms with Crippen molar-refractivity contribution in [2.45, 2.75) is 39.8 Å². The standard InChI is InChI=1S/C15H21N5/c1-3-13-14(4-2)19-20-15(18-13)17-10-12-7-5-11(9-16)6-8-12/h5-8H,3-4,9-10,16H2,1-2H3,(H,17,18,20). The molecule has 0 aliphatic carbocycles. The monoisotopic (exact) mass is 271 g/mol. The fourth-order valence-electron chi connectivity index (χ4n) is 1.99. The van der Waals surface area contributed by atoms with Gasteiger partial charge in [-0.15, -0.1) is 5.10 Å². The number of nitrogens with one attached hydrogen (secondary N) is 1. The number of aryl methyl sites for hydroxylation is 2. The number of aromatic nitrogens is 3. The summed E-state index contributed by atoms with van der Waals surface area (Å²) in [6, 6.07) is 8.19. The summed E-state index contributed by atoms with van der Waals surface area (Å²) >= 11 is 0. The van der Waals surface area contributed by atoms with Gasteiger partial charge in [-0.3, -0.25) is 0 Å². The third-order valence-corrected chi connectivity index (χ3v) is 3.22. The topological polar surface area (TPSA) is 76.7 Å². The van der Waals surface area contributed by atoms with E-state index in [0.29, 0.717) is 19.0 Å². The van der Waals surface area contributed by atoms with Gasteiger partial charge in [-0.1, -0.05) is 38.1 Å². The van der Waals surface area contributed by atoms with Crippen molar-refractivity contribution in [3.05, 3.63) is 46.8 Å². The van der Waals surface area contributed by atoms with E-state index in [1.807, 2.05) is 12.1 Å². The SMILES string of the molecule is CCc1nnc(NCc2ccc(CN)cc2)nc1CC.